The standard InChI is InChI=1S/C14H28.C6H14/c1-4-7-9-13-12-14(13,10-6-3)11-8-5-2;1-3-5-6-4-2/h13H,4-12H2,1-3H3;3-6H2,1-2H3. The van der Waals surface area contributed by atoms with Crippen LogP contribution >= 0.6 is 0 Å². The van der Waals surface area contributed by atoms with E-state index < -0.39 is 0 Å². The largest absolute Gasteiger partial charge is 0.0654 e. The second-order valence-electron chi connectivity index (χ2n) is 6.97. The Labute approximate surface area is 130 Å². The number of rotatable bonds is 11. The van der Waals surface area contributed by atoms with Crippen LogP contribution in [0, 0.1) is 11.3 Å². The van der Waals surface area contributed by atoms with Gasteiger partial charge in [0.1, 0.15) is 0 Å². The molecule has 0 spiro atoms. The molecule has 1 fully saturated rings. The summed E-state index contributed by atoms with van der Waals surface area (Å²) in [5, 5.41) is 0. The minimum absolute atomic E-state index is 0.819. The first-order valence-electron chi connectivity index (χ1n) is 9.70. The molecule has 0 saturated heterocycles. The van der Waals surface area contributed by atoms with E-state index in [2.05, 4.69) is 34.6 Å². The molecule has 0 bridgehead atoms. The molecule has 1 rings (SSSR count). The zero-order valence-electron chi connectivity index (χ0n) is 15.3. The summed E-state index contributed by atoms with van der Waals surface area (Å²) in [5.74, 6) is 1.11. The van der Waals surface area contributed by atoms with Crippen LogP contribution in [0.25, 0.3) is 0 Å². The smallest absolute Gasteiger partial charge is 0.0266 e. The van der Waals surface area contributed by atoms with Crippen LogP contribution in [-0.4, -0.2) is 0 Å². The zero-order valence-corrected chi connectivity index (χ0v) is 15.3. The van der Waals surface area contributed by atoms with Crippen LogP contribution in [0.1, 0.15) is 118 Å². The third-order valence-electron chi connectivity index (χ3n) is 5.00. The molecule has 122 valence electrons. The highest BCUT2D eigenvalue weighted by molar-refractivity contribution is 5.01. The van der Waals surface area contributed by atoms with Gasteiger partial charge in [0.2, 0.25) is 0 Å². The Bertz CT molecular complexity index is 192. The van der Waals surface area contributed by atoms with Gasteiger partial charge < -0.3 is 0 Å². The molecule has 0 aromatic carbocycles. The molecule has 0 nitrogen and oxygen atoms in total. The van der Waals surface area contributed by atoms with Gasteiger partial charge in [-0.1, -0.05) is 92.4 Å². The Hall–Kier alpha value is 0. The van der Waals surface area contributed by atoms with Gasteiger partial charge in [0.15, 0.2) is 0 Å². The van der Waals surface area contributed by atoms with E-state index in [1.165, 1.54) is 77.0 Å². The van der Waals surface area contributed by atoms with Crippen molar-refractivity contribution >= 4 is 0 Å². The van der Waals surface area contributed by atoms with E-state index in [0.29, 0.717) is 0 Å². The van der Waals surface area contributed by atoms with Gasteiger partial charge in [-0.3, -0.25) is 0 Å². The highest BCUT2D eigenvalue weighted by atomic mass is 14.6. The van der Waals surface area contributed by atoms with Crippen molar-refractivity contribution in [3.05, 3.63) is 0 Å². The van der Waals surface area contributed by atoms with Crippen LogP contribution < -0.4 is 0 Å². The van der Waals surface area contributed by atoms with E-state index >= 15 is 0 Å². The Morgan fingerprint density at radius 1 is 0.650 bits per heavy atom. The van der Waals surface area contributed by atoms with Crippen LogP contribution in [0.4, 0.5) is 0 Å². The molecule has 1 saturated carbocycles. The SMILES string of the molecule is CCCCC1CC1(CCC)CCCC.CCCCCC. The summed E-state index contributed by atoms with van der Waals surface area (Å²) in [4.78, 5) is 0. The number of hydrogen-bond acceptors (Lipinski definition) is 0. The molecular formula is C20H42. The van der Waals surface area contributed by atoms with Gasteiger partial charge >= 0.3 is 0 Å². The van der Waals surface area contributed by atoms with E-state index in [9.17, 15) is 0 Å². The van der Waals surface area contributed by atoms with Crippen molar-refractivity contribution in [1.29, 1.82) is 0 Å². The molecule has 2 unspecified atom stereocenters. The van der Waals surface area contributed by atoms with E-state index in [4.69, 9.17) is 0 Å². The van der Waals surface area contributed by atoms with Crippen molar-refractivity contribution in [2.75, 3.05) is 0 Å². The molecule has 2 atom stereocenters. The van der Waals surface area contributed by atoms with Crippen LogP contribution in [0.2, 0.25) is 0 Å². The van der Waals surface area contributed by atoms with Gasteiger partial charge in [-0.05, 0) is 37.0 Å². The molecule has 0 aromatic heterocycles. The van der Waals surface area contributed by atoms with E-state index in [-0.39, 0.29) is 0 Å². The third-order valence-corrected chi connectivity index (χ3v) is 5.00. The monoisotopic (exact) mass is 282 g/mol. The predicted molar refractivity (Wildman–Crippen MR) is 94.3 cm³/mol. The molecule has 1 aliphatic carbocycles. The lowest BCUT2D eigenvalue weighted by Gasteiger charge is -2.16. The summed E-state index contributed by atoms with van der Waals surface area (Å²) in [6.07, 6.45) is 18.7. The third kappa shape index (κ3) is 8.32. The van der Waals surface area contributed by atoms with Crippen molar-refractivity contribution < 1.29 is 0 Å². The summed E-state index contributed by atoms with van der Waals surface area (Å²) in [7, 11) is 0. The van der Waals surface area contributed by atoms with Crippen LogP contribution in [0.5, 0.6) is 0 Å². The van der Waals surface area contributed by atoms with Gasteiger partial charge in [-0.25, -0.2) is 0 Å². The molecule has 0 heterocycles. The highest BCUT2D eigenvalue weighted by Crippen LogP contribution is 2.61. The summed E-state index contributed by atoms with van der Waals surface area (Å²) in [6.45, 7) is 11.5. The number of hydrogen-bond donors (Lipinski definition) is 0. The molecule has 0 amide bonds. The normalized spacial score (nSPS) is 24.1. The summed E-state index contributed by atoms with van der Waals surface area (Å²) < 4.78 is 0. The molecular weight excluding hydrogens is 240 g/mol. The maximum absolute atomic E-state index is 2.35. The maximum atomic E-state index is 2.35. The Morgan fingerprint density at radius 2 is 1.20 bits per heavy atom. The Balaban J connectivity index is 0.000000511. The average Bonchev–Trinajstić information content (AvgIpc) is 3.15. The molecule has 0 N–H and O–H groups in total. The maximum Gasteiger partial charge on any atom is -0.0266 e. The molecule has 0 aromatic rings. The summed E-state index contributed by atoms with van der Waals surface area (Å²) in [6, 6.07) is 0. The lowest BCUT2D eigenvalue weighted by atomic mass is 9.90. The Kier molecular flexibility index (Phi) is 12.7. The summed E-state index contributed by atoms with van der Waals surface area (Å²) >= 11 is 0. The molecule has 0 heteroatoms. The van der Waals surface area contributed by atoms with Gasteiger partial charge in [-0.2, -0.15) is 0 Å². The number of unbranched alkanes of at least 4 members (excludes halogenated alkanes) is 5. The first kappa shape index (κ1) is 20.0. The van der Waals surface area contributed by atoms with Crippen LogP contribution in [-0.2, 0) is 0 Å². The molecule has 1 aliphatic rings. The molecule has 20 heavy (non-hydrogen) atoms. The minimum Gasteiger partial charge on any atom is -0.0654 e. The van der Waals surface area contributed by atoms with Gasteiger partial charge in [0, 0.05) is 0 Å². The minimum atomic E-state index is 0.819. The van der Waals surface area contributed by atoms with Crippen molar-refractivity contribution in [3.63, 3.8) is 0 Å². The lowest BCUT2D eigenvalue weighted by molar-refractivity contribution is 0.357. The second-order valence-corrected chi connectivity index (χ2v) is 6.97. The molecule has 0 aliphatic heterocycles. The lowest BCUT2D eigenvalue weighted by Crippen LogP contribution is -2.04. The van der Waals surface area contributed by atoms with E-state index in [0.717, 1.165) is 11.3 Å². The summed E-state index contributed by atoms with van der Waals surface area (Å²) in [5.41, 5.74) is 0.819. The van der Waals surface area contributed by atoms with Gasteiger partial charge in [0.05, 0.1) is 0 Å². The first-order valence-corrected chi connectivity index (χ1v) is 9.70. The predicted octanol–water partition coefficient (Wildman–Crippen LogP) is 7.76. The van der Waals surface area contributed by atoms with Crippen LogP contribution in [0.3, 0.4) is 0 Å². The van der Waals surface area contributed by atoms with Gasteiger partial charge in [0.25, 0.3) is 0 Å². The van der Waals surface area contributed by atoms with Crippen molar-refractivity contribution in [2.45, 2.75) is 118 Å². The Morgan fingerprint density at radius 3 is 1.65 bits per heavy atom. The van der Waals surface area contributed by atoms with Gasteiger partial charge in [-0.15, -0.1) is 0 Å². The van der Waals surface area contributed by atoms with Crippen molar-refractivity contribution in [3.8, 4) is 0 Å². The highest BCUT2D eigenvalue weighted by Gasteiger charge is 2.50. The fourth-order valence-corrected chi connectivity index (χ4v) is 3.55. The first-order chi connectivity index (χ1) is 9.70. The van der Waals surface area contributed by atoms with Crippen molar-refractivity contribution in [2.24, 2.45) is 11.3 Å². The van der Waals surface area contributed by atoms with E-state index in [1.54, 1.807) is 6.42 Å². The second kappa shape index (κ2) is 12.7. The van der Waals surface area contributed by atoms with Crippen LogP contribution in [0.15, 0.2) is 0 Å². The topological polar surface area (TPSA) is 0 Å². The van der Waals surface area contributed by atoms with E-state index in [1.807, 2.05) is 0 Å². The fraction of sp³-hybridized carbons (Fsp3) is 1.00. The van der Waals surface area contributed by atoms with Crippen molar-refractivity contribution in [1.82, 2.24) is 0 Å². The fourth-order valence-electron chi connectivity index (χ4n) is 3.55. The average molecular weight is 283 g/mol. The zero-order chi connectivity index (χ0) is 15.3. The quantitative estimate of drug-likeness (QED) is 0.340. The molecule has 0 radical (unpaired) electrons.